The van der Waals surface area contributed by atoms with Crippen molar-refractivity contribution in [2.45, 2.75) is 25.2 Å². The molecule has 0 radical (unpaired) electrons. The summed E-state index contributed by atoms with van der Waals surface area (Å²) in [6.45, 7) is 5.09. The molecule has 1 aliphatic rings. The quantitative estimate of drug-likeness (QED) is 0.717. The van der Waals surface area contributed by atoms with Crippen LogP contribution in [-0.4, -0.2) is 31.7 Å². The van der Waals surface area contributed by atoms with E-state index in [1.54, 1.807) is 6.07 Å². The third kappa shape index (κ3) is 4.61. The molecule has 1 N–H and O–H groups in total. The molecule has 0 spiro atoms. The monoisotopic (exact) mass is 468 g/mol. The number of carbonyl (C=O) groups excluding carboxylic acids is 1. The van der Waals surface area contributed by atoms with Crippen LogP contribution < -0.4 is 5.32 Å². The largest absolute Gasteiger partial charge is 0.319 e. The van der Waals surface area contributed by atoms with Gasteiger partial charge in [0, 0.05) is 23.1 Å². The highest BCUT2D eigenvalue weighted by Crippen LogP contribution is 2.27. The maximum absolute atomic E-state index is 13.9. The normalized spacial score (nSPS) is 20.7. The number of amides is 1. The van der Waals surface area contributed by atoms with E-state index in [2.05, 4.69) is 21.2 Å². The van der Waals surface area contributed by atoms with Crippen LogP contribution in [0, 0.1) is 17.7 Å². The van der Waals surface area contributed by atoms with Gasteiger partial charge in [0.1, 0.15) is 5.82 Å². The maximum Gasteiger partial charge on any atom is 0.255 e. The van der Waals surface area contributed by atoms with E-state index in [4.69, 9.17) is 0 Å². The van der Waals surface area contributed by atoms with Crippen molar-refractivity contribution >= 4 is 37.5 Å². The molecule has 8 heteroatoms. The lowest BCUT2D eigenvalue weighted by molar-refractivity contribution is 0.102. The van der Waals surface area contributed by atoms with Gasteiger partial charge in [0.2, 0.25) is 10.0 Å². The van der Waals surface area contributed by atoms with E-state index < -0.39 is 21.7 Å². The Balaban J connectivity index is 1.76. The number of benzene rings is 2. The van der Waals surface area contributed by atoms with E-state index in [9.17, 15) is 17.6 Å². The first-order chi connectivity index (χ1) is 13.2. The van der Waals surface area contributed by atoms with E-state index in [0.29, 0.717) is 29.4 Å². The lowest BCUT2D eigenvalue weighted by Gasteiger charge is -2.34. The second kappa shape index (κ2) is 8.31. The standard InChI is InChI=1S/C20H22BrFN2O3S/c1-13-9-14(2)12-24(11-13)28(26,27)17-6-3-15(4-7-17)20(25)23-19-8-5-16(21)10-18(19)22/h3-8,10,13-14H,9,11-12H2,1-2H3,(H,23,25). The first kappa shape index (κ1) is 21.0. The first-order valence-electron chi connectivity index (χ1n) is 9.03. The first-order valence-corrected chi connectivity index (χ1v) is 11.3. The number of hydrogen-bond donors (Lipinski definition) is 1. The van der Waals surface area contributed by atoms with Crippen LogP contribution in [0.2, 0.25) is 0 Å². The van der Waals surface area contributed by atoms with Crippen LogP contribution in [0.4, 0.5) is 10.1 Å². The Kier molecular flexibility index (Phi) is 6.21. The van der Waals surface area contributed by atoms with Crippen molar-refractivity contribution in [3.63, 3.8) is 0 Å². The SMILES string of the molecule is CC1CC(C)CN(S(=O)(=O)c2ccc(C(=O)Nc3ccc(Br)cc3F)cc2)C1. The Labute approximate surface area is 173 Å². The van der Waals surface area contributed by atoms with Crippen molar-refractivity contribution in [2.75, 3.05) is 18.4 Å². The lowest BCUT2D eigenvalue weighted by Crippen LogP contribution is -2.42. The summed E-state index contributed by atoms with van der Waals surface area (Å²) in [5, 5.41) is 2.49. The highest BCUT2D eigenvalue weighted by molar-refractivity contribution is 9.10. The van der Waals surface area contributed by atoms with Crippen LogP contribution in [-0.2, 0) is 10.0 Å². The van der Waals surface area contributed by atoms with Crippen molar-refractivity contribution < 1.29 is 17.6 Å². The summed E-state index contributed by atoms with van der Waals surface area (Å²) in [4.78, 5) is 12.5. The maximum atomic E-state index is 13.9. The fourth-order valence-electron chi connectivity index (χ4n) is 3.51. The Bertz CT molecular complexity index is 969. The van der Waals surface area contributed by atoms with Gasteiger partial charge in [-0.1, -0.05) is 29.8 Å². The van der Waals surface area contributed by atoms with E-state index in [0.717, 1.165) is 6.42 Å². The van der Waals surface area contributed by atoms with Gasteiger partial charge < -0.3 is 5.32 Å². The number of nitrogens with zero attached hydrogens (tertiary/aromatic N) is 1. The number of carbonyl (C=O) groups is 1. The van der Waals surface area contributed by atoms with Gasteiger partial charge in [-0.2, -0.15) is 4.31 Å². The number of nitrogens with one attached hydrogen (secondary N) is 1. The van der Waals surface area contributed by atoms with Crippen LogP contribution in [0.25, 0.3) is 0 Å². The third-order valence-corrected chi connectivity index (χ3v) is 7.11. The van der Waals surface area contributed by atoms with Crippen LogP contribution >= 0.6 is 15.9 Å². The Morgan fingerprint density at radius 3 is 2.29 bits per heavy atom. The van der Waals surface area contributed by atoms with Gasteiger partial charge >= 0.3 is 0 Å². The zero-order chi connectivity index (χ0) is 20.5. The van der Waals surface area contributed by atoms with Crippen LogP contribution in [0.3, 0.4) is 0 Å². The predicted octanol–water partition coefficient (Wildman–Crippen LogP) is 4.51. The molecule has 1 saturated heterocycles. The van der Waals surface area contributed by atoms with E-state index in [-0.39, 0.29) is 16.1 Å². The molecule has 2 unspecified atom stereocenters. The fraction of sp³-hybridized carbons (Fsp3) is 0.350. The number of anilines is 1. The van der Waals surface area contributed by atoms with Gasteiger partial charge in [0.15, 0.2) is 0 Å². The summed E-state index contributed by atoms with van der Waals surface area (Å²) in [6, 6.07) is 10.1. The molecular weight excluding hydrogens is 447 g/mol. The van der Waals surface area contributed by atoms with Crippen molar-refractivity contribution in [1.29, 1.82) is 0 Å². The molecule has 1 amide bonds. The molecule has 2 atom stereocenters. The zero-order valence-corrected chi connectivity index (χ0v) is 18.1. The van der Waals surface area contributed by atoms with E-state index in [1.165, 1.54) is 40.7 Å². The molecule has 0 aliphatic carbocycles. The summed E-state index contributed by atoms with van der Waals surface area (Å²) in [7, 11) is -3.60. The van der Waals surface area contributed by atoms with Gasteiger partial charge in [-0.3, -0.25) is 4.79 Å². The number of piperidine rings is 1. The summed E-state index contributed by atoms with van der Waals surface area (Å²) in [5.41, 5.74) is 0.308. The fourth-order valence-corrected chi connectivity index (χ4v) is 5.53. The Hall–Kier alpha value is -1.77. The number of rotatable bonds is 4. The van der Waals surface area contributed by atoms with Gasteiger partial charge in [-0.05, 0) is 60.7 Å². The summed E-state index contributed by atoms with van der Waals surface area (Å²) in [6.07, 6.45) is 1.01. The van der Waals surface area contributed by atoms with Crippen LogP contribution in [0.15, 0.2) is 51.8 Å². The summed E-state index contributed by atoms with van der Waals surface area (Å²) < 4.78 is 41.8. The highest BCUT2D eigenvalue weighted by atomic mass is 79.9. The van der Waals surface area contributed by atoms with Gasteiger partial charge in [-0.25, -0.2) is 12.8 Å². The Morgan fingerprint density at radius 2 is 1.71 bits per heavy atom. The number of halogens is 2. The molecule has 28 heavy (non-hydrogen) atoms. The molecule has 1 fully saturated rings. The molecule has 0 saturated carbocycles. The zero-order valence-electron chi connectivity index (χ0n) is 15.7. The number of hydrogen-bond acceptors (Lipinski definition) is 3. The number of sulfonamides is 1. The average molecular weight is 469 g/mol. The minimum absolute atomic E-state index is 0.0567. The van der Waals surface area contributed by atoms with Crippen molar-refractivity contribution in [2.24, 2.45) is 11.8 Å². The third-order valence-electron chi connectivity index (χ3n) is 4.77. The summed E-state index contributed by atoms with van der Waals surface area (Å²) in [5.74, 6) is -0.450. The molecule has 2 aromatic rings. The van der Waals surface area contributed by atoms with E-state index >= 15 is 0 Å². The second-order valence-corrected chi connectivity index (χ2v) is 10.2. The molecule has 0 bridgehead atoms. The van der Waals surface area contributed by atoms with Crippen molar-refractivity contribution in [3.05, 3.63) is 58.3 Å². The lowest BCUT2D eigenvalue weighted by atomic mass is 9.94. The second-order valence-electron chi connectivity index (χ2n) is 7.37. The van der Waals surface area contributed by atoms with Crippen LogP contribution in [0.5, 0.6) is 0 Å². The topological polar surface area (TPSA) is 66.5 Å². The minimum Gasteiger partial charge on any atom is -0.319 e. The van der Waals surface area contributed by atoms with Gasteiger partial charge in [0.25, 0.3) is 5.91 Å². The molecule has 3 rings (SSSR count). The average Bonchev–Trinajstić information content (AvgIpc) is 2.63. The molecule has 1 heterocycles. The predicted molar refractivity (Wildman–Crippen MR) is 110 cm³/mol. The molecule has 0 aromatic heterocycles. The van der Waals surface area contributed by atoms with Gasteiger partial charge in [0.05, 0.1) is 10.6 Å². The molecule has 5 nitrogen and oxygen atoms in total. The van der Waals surface area contributed by atoms with E-state index in [1.807, 2.05) is 13.8 Å². The molecule has 150 valence electrons. The molecule has 2 aromatic carbocycles. The molecular formula is C20H22BrFN2O3S. The Morgan fingerprint density at radius 1 is 1.11 bits per heavy atom. The van der Waals surface area contributed by atoms with Crippen molar-refractivity contribution in [1.82, 2.24) is 4.31 Å². The van der Waals surface area contributed by atoms with Gasteiger partial charge in [-0.15, -0.1) is 0 Å². The minimum atomic E-state index is -3.60. The highest BCUT2D eigenvalue weighted by Gasteiger charge is 2.31. The molecule has 1 aliphatic heterocycles. The smallest absolute Gasteiger partial charge is 0.255 e. The van der Waals surface area contributed by atoms with Crippen molar-refractivity contribution in [3.8, 4) is 0 Å². The van der Waals surface area contributed by atoms with Crippen LogP contribution in [0.1, 0.15) is 30.6 Å². The summed E-state index contributed by atoms with van der Waals surface area (Å²) >= 11 is 3.16.